The molecule has 1 fully saturated rings. The van der Waals surface area contributed by atoms with E-state index in [2.05, 4.69) is 36.1 Å². The lowest BCUT2D eigenvalue weighted by Crippen LogP contribution is -2.28. The smallest absolute Gasteiger partial charge is 0.0655 e. The number of hydrogen-bond acceptors (Lipinski definition) is 2. The number of hydrazone groups is 1. The van der Waals surface area contributed by atoms with Gasteiger partial charge in [0.2, 0.25) is 0 Å². The summed E-state index contributed by atoms with van der Waals surface area (Å²) >= 11 is 0. The molecule has 2 aliphatic rings. The van der Waals surface area contributed by atoms with Crippen molar-refractivity contribution in [2.75, 3.05) is 6.54 Å². The molecule has 12 heavy (non-hydrogen) atoms. The maximum absolute atomic E-state index is 4.61. The molecule has 0 spiro atoms. The Labute approximate surface area is 73.9 Å². The fraction of sp³-hybridized carbons (Fsp3) is 0.700. The molecule has 0 saturated carbocycles. The van der Waals surface area contributed by atoms with Gasteiger partial charge in [-0.05, 0) is 24.8 Å². The lowest BCUT2D eigenvalue weighted by atomic mass is 10.1. The summed E-state index contributed by atoms with van der Waals surface area (Å²) in [5.74, 6) is 0.558. The molecule has 2 heteroatoms. The number of fused-ring (bicyclic) bond motifs is 1. The highest BCUT2D eigenvalue weighted by atomic mass is 15.5. The van der Waals surface area contributed by atoms with E-state index in [1.54, 1.807) is 0 Å². The fourth-order valence-electron chi connectivity index (χ4n) is 1.80. The summed E-state index contributed by atoms with van der Waals surface area (Å²) in [6.45, 7) is 5.53. The van der Waals surface area contributed by atoms with Crippen LogP contribution in [0.25, 0.3) is 0 Å². The van der Waals surface area contributed by atoms with E-state index in [4.69, 9.17) is 0 Å². The molecule has 1 atom stereocenters. The molecule has 1 unspecified atom stereocenters. The van der Waals surface area contributed by atoms with E-state index >= 15 is 0 Å². The van der Waals surface area contributed by atoms with Crippen LogP contribution in [0.5, 0.6) is 0 Å². The van der Waals surface area contributed by atoms with Crippen molar-refractivity contribution >= 4 is 5.71 Å². The third-order valence-electron chi connectivity index (χ3n) is 2.59. The molecule has 0 aromatic carbocycles. The van der Waals surface area contributed by atoms with Crippen LogP contribution in [-0.4, -0.2) is 23.3 Å². The third kappa shape index (κ3) is 1.26. The van der Waals surface area contributed by atoms with Gasteiger partial charge in [0.15, 0.2) is 0 Å². The normalized spacial score (nSPS) is 27.8. The predicted molar refractivity (Wildman–Crippen MR) is 51.1 cm³/mol. The van der Waals surface area contributed by atoms with E-state index in [9.17, 15) is 0 Å². The highest BCUT2D eigenvalue weighted by molar-refractivity contribution is 5.96. The Bertz CT molecular complexity index is 228. The molecule has 0 radical (unpaired) electrons. The van der Waals surface area contributed by atoms with Gasteiger partial charge in [-0.25, -0.2) is 0 Å². The van der Waals surface area contributed by atoms with Crippen LogP contribution in [0.15, 0.2) is 17.3 Å². The van der Waals surface area contributed by atoms with Crippen molar-refractivity contribution in [3.05, 3.63) is 12.2 Å². The van der Waals surface area contributed by atoms with Gasteiger partial charge in [-0.1, -0.05) is 19.9 Å². The van der Waals surface area contributed by atoms with Gasteiger partial charge in [0.05, 0.1) is 11.8 Å². The van der Waals surface area contributed by atoms with Crippen LogP contribution in [-0.2, 0) is 0 Å². The maximum Gasteiger partial charge on any atom is 0.0655 e. The van der Waals surface area contributed by atoms with Crippen LogP contribution in [0.2, 0.25) is 0 Å². The predicted octanol–water partition coefficient (Wildman–Crippen LogP) is 2.03. The van der Waals surface area contributed by atoms with Gasteiger partial charge in [-0.15, -0.1) is 0 Å². The molecular weight excluding hydrogens is 148 g/mol. The Balaban J connectivity index is 2.15. The molecule has 2 rings (SSSR count). The third-order valence-corrected chi connectivity index (χ3v) is 2.59. The second kappa shape index (κ2) is 2.92. The number of hydrogen-bond donors (Lipinski definition) is 0. The van der Waals surface area contributed by atoms with E-state index in [0.29, 0.717) is 12.0 Å². The Morgan fingerprint density at radius 3 is 3.17 bits per heavy atom. The largest absolute Gasteiger partial charge is 0.290 e. The molecule has 1 saturated heterocycles. The Kier molecular flexibility index (Phi) is 1.91. The van der Waals surface area contributed by atoms with Crippen molar-refractivity contribution in [3.63, 3.8) is 0 Å². The van der Waals surface area contributed by atoms with Crippen LogP contribution in [0.4, 0.5) is 0 Å². The van der Waals surface area contributed by atoms with Crippen molar-refractivity contribution in [1.82, 2.24) is 5.01 Å². The molecule has 0 bridgehead atoms. The lowest BCUT2D eigenvalue weighted by Gasteiger charge is -2.24. The molecule has 0 amide bonds. The Hall–Kier alpha value is -0.790. The summed E-state index contributed by atoms with van der Waals surface area (Å²) in [4.78, 5) is 0. The first-order valence-corrected chi connectivity index (χ1v) is 4.80. The lowest BCUT2D eigenvalue weighted by molar-refractivity contribution is 0.300. The second-order valence-corrected chi connectivity index (χ2v) is 3.91. The topological polar surface area (TPSA) is 15.6 Å². The van der Waals surface area contributed by atoms with Gasteiger partial charge in [-0.3, -0.25) is 5.01 Å². The van der Waals surface area contributed by atoms with Gasteiger partial charge < -0.3 is 0 Å². The minimum absolute atomic E-state index is 0.558. The monoisotopic (exact) mass is 164 g/mol. The maximum atomic E-state index is 4.61. The summed E-state index contributed by atoms with van der Waals surface area (Å²) < 4.78 is 0. The van der Waals surface area contributed by atoms with Crippen molar-refractivity contribution in [2.24, 2.45) is 11.0 Å². The van der Waals surface area contributed by atoms with E-state index in [-0.39, 0.29) is 0 Å². The van der Waals surface area contributed by atoms with E-state index in [1.807, 2.05) is 0 Å². The molecule has 66 valence electrons. The number of nitrogens with zero attached hydrogens (tertiary/aromatic N) is 2. The van der Waals surface area contributed by atoms with Crippen molar-refractivity contribution in [1.29, 1.82) is 0 Å². The van der Waals surface area contributed by atoms with E-state index in [0.717, 1.165) is 6.54 Å². The summed E-state index contributed by atoms with van der Waals surface area (Å²) in [5, 5.41) is 6.84. The van der Waals surface area contributed by atoms with Crippen molar-refractivity contribution in [2.45, 2.75) is 32.7 Å². The first-order valence-electron chi connectivity index (χ1n) is 4.80. The summed E-state index contributed by atoms with van der Waals surface area (Å²) in [6, 6.07) is 0.604. The van der Waals surface area contributed by atoms with Gasteiger partial charge in [0, 0.05) is 6.54 Å². The molecule has 0 aromatic heterocycles. The van der Waals surface area contributed by atoms with E-state index in [1.165, 1.54) is 18.6 Å². The zero-order chi connectivity index (χ0) is 8.55. The zero-order valence-corrected chi connectivity index (χ0v) is 7.83. The average Bonchev–Trinajstić information content (AvgIpc) is 2.49. The highest BCUT2D eigenvalue weighted by Gasteiger charge is 2.24. The zero-order valence-electron chi connectivity index (χ0n) is 7.83. The first-order chi connectivity index (χ1) is 5.77. The summed E-state index contributed by atoms with van der Waals surface area (Å²) in [7, 11) is 0. The quantitative estimate of drug-likeness (QED) is 0.579. The molecular formula is C10H16N2. The number of allylic oxidation sites excluding steroid dienone is 1. The van der Waals surface area contributed by atoms with E-state index < -0.39 is 0 Å². The van der Waals surface area contributed by atoms with Crippen LogP contribution >= 0.6 is 0 Å². The number of rotatable bonds is 1. The van der Waals surface area contributed by atoms with Gasteiger partial charge in [0.25, 0.3) is 0 Å². The van der Waals surface area contributed by atoms with Crippen molar-refractivity contribution < 1.29 is 0 Å². The standard InChI is InChI=1S/C10H16N2/c1-8(2)10-6-5-9-4-3-7-12(9)11-10/h5-6,8-9H,3-4,7H2,1-2H3. The minimum Gasteiger partial charge on any atom is -0.290 e. The molecule has 0 aromatic rings. The first kappa shape index (κ1) is 7.84. The Morgan fingerprint density at radius 1 is 1.58 bits per heavy atom. The molecule has 2 aliphatic heterocycles. The summed E-state index contributed by atoms with van der Waals surface area (Å²) in [5.41, 5.74) is 1.23. The fourth-order valence-corrected chi connectivity index (χ4v) is 1.80. The highest BCUT2D eigenvalue weighted by Crippen LogP contribution is 2.22. The molecule has 0 N–H and O–H groups in total. The van der Waals surface area contributed by atoms with Gasteiger partial charge in [-0.2, -0.15) is 5.10 Å². The van der Waals surface area contributed by atoms with Crippen LogP contribution < -0.4 is 0 Å². The van der Waals surface area contributed by atoms with Gasteiger partial charge >= 0.3 is 0 Å². The molecule has 2 nitrogen and oxygen atoms in total. The van der Waals surface area contributed by atoms with Crippen LogP contribution in [0, 0.1) is 5.92 Å². The average molecular weight is 164 g/mol. The molecule has 2 heterocycles. The van der Waals surface area contributed by atoms with Gasteiger partial charge in [0.1, 0.15) is 0 Å². The van der Waals surface area contributed by atoms with Crippen LogP contribution in [0.3, 0.4) is 0 Å². The van der Waals surface area contributed by atoms with Crippen LogP contribution in [0.1, 0.15) is 26.7 Å². The molecule has 0 aliphatic carbocycles. The van der Waals surface area contributed by atoms with Crippen molar-refractivity contribution in [3.8, 4) is 0 Å². The SMILES string of the molecule is CC(C)C1=NN2CCCC2C=C1. The summed E-state index contributed by atoms with van der Waals surface area (Å²) in [6.07, 6.45) is 7.07. The second-order valence-electron chi connectivity index (χ2n) is 3.91. The minimum atomic E-state index is 0.558. The Morgan fingerprint density at radius 2 is 2.42 bits per heavy atom.